The van der Waals surface area contributed by atoms with E-state index >= 15 is 0 Å². The van der Waals surface area contributed by atoms with Crippen molar-refractivity contribution >= 4 is 18.0 Å². The minimum atomic E-state index is -1.35. The zero-order chi connectivity index (χ0) is 12.3. The van der Waals surface area contributed by atoms with Gasteiger partial charge in [-0.25, -0.2) is 14.5 Å². The standard InChI is InChI=1S/C10H13NO5/c1-3-16-9(13)7-6(2)4-5-11(8(7)12)10(14)15/h3-5H2,1-2H3,(H,14,15). The van der Waals surface area contributed by atoms with Gasteiger partial charge in [-0.2, -0.15) is 0 Å². The van der Waals surface area contributed by atoms with Crippen molar-refractivity contribution in [3.63, 3.8) is 0 Å². The van der Waals surface area contributed by atoms with Gasteiger partial charge in [-0.3, -0.25) is 4.79 Å². The van der Waals surface area contributed by atoms with E-state index < -0.39 is 18.0 Å². The predicted octanol–water partition coefficient (Wildman–Crippen LogP) is 0.776. The van der Waals surface area contributed by atoms with E-state index in [1.54, 1.807) is 13.8 Å². The summed E-state index contributed by atoms with van der Waals surface area (Å²) in [6.45, 7) is 3.48. The molecule has 0 saturated heterocycles. The zero-order valence-corrected chi connectivity index (χ0v) is 9.15. The number of esters is 1. The third kappa shape index (κ3) is 2.21. The molecule has 88 valence electrons. The Hall–Kier alpha value is -1.85. The van der Waals surface area contributed by atoms with Gasteiger partial charge in [-0.05, 0) is 20.3 Å². The Morgan fingerprint density at radius 3 is 2.62 bits per heavy atom. The van der Waals surface area contributed by atoms with Crippen LogP contribution in [0.25, 0.3) is 0 Å². The molecule has 6 nitrogen and oxygen atoms in total. The highest BCUT2D eigenvalue weighted by Gasteiger charge is 2.34. The molecule has 6 heteroatoms. The van der Waals surface area contributed by atoms with E-state index in [0.29, 0.717) is 16.9 Å². The van der Waals surface area contributed by atoms with E-state index in [0.717, 1.165) is 0 Å². The summed E-state index contributed by atoms with van der Waals surface area (Å²) in [6, 6.07) is 0. The maximum atomic E-state index is 11.7. The molecule has 0 radical (unpaired) electrons. The Labute approximate surface area is 92.5 Å². The Bertz CT molecular complexity index is 371. The lowest BCUT2D eigenvalue weighted by atomic mass is 10.0. The topological polar surface area (TPSA) is 83.9 Å². The van der Waals surface area contributed by atoms with Crippen LogP contribution in [0.5, 0.6) is 0 Å². The van der Waals surface area contributed by atoms with Crippen molar-refractivity contribution in [2.24, 2.45) is 0 Å². The fourth-order valence-electron chi connectivity index (χ4n) is 1.47. The maximum Gasteiger partial charge on any atom is 0.414 e. The molecule has 16 heavy (non-hydrogen) atoms. The number of hydrogen-bond acceptors (Lipinski definition) is 4. The fraction of sp³-hybridized carbons (Fsp3) is 0.500. The molecule has 1 heterocycles. The molecule has 0 bridgehead atoms. The molecule has 1 N–H and O–H groups in total. The molecule has 0 fully saturated rings. The van der Waals surface area contributed by atoms with Crippen LogP contribution < -0.4 is 0 Å². The summed E-state index contributed by atoms with van der Waals surface area (Å²) in [5, 5.41) is 8.75. The normalized spacial score (nSPS) is 16.4. The summed E-state index contributed by atoms with van der Waals surface area (Å²) in [7, 11) is 0. The van der Waals surface area contributed by atoms with Crippen molar-refractivity contribution < 1.29 is 24.2 Å². The first-order chi connectivity index (χ1) is 7.49. The number of carbonyl (C=O) groups is 3. The van der Waals surface area contributed by atoms with Crippen LogP contribution in [0.1, 0.15) is 20.3 Å². The third-order valence-corrected chi connectivity index (χ3v) is 2.31. The first-order valence-corrected chi connectivity index (χ1v) is 4.90. The predicted molar refractivity (Wildman–Crippen MR) is 53.7 cm³/mol. The summed E-state index contributed by atoms with van der Waals surface area (Å²) in [6.07, 6.45) is -0.981. The fourth-order valence-corrected chi connectivity index (χ4v) is 1.47. The van der Waals surface area contributed by atoms with Crippen LogP contribution in [0.4, 0.5) is 4.79 Å². The van der Waals surface area contributed by atoms with Gasteiger partial charge < -0.3 is 9.84 Å². The molecule has 2 amide bonds. The second kappa shape index (κ2) is 4.78. The molecular weight excluding hydrogens is 214 g/mol. The smallest absolute Gasteiger partial charge is 0.414 e. The monoisotopic (exact) mass is 227 g/mol. The summed E-state index contributed by atoms with van der Waals surface area (Å²) in [4.78, 5) is 34.5. The van der Waals surface area contributed by atoms with Crippen molar-refractivity contribution in [2.75, 3.05) is 13.2 Å². The molecule has 0 aromatic carbocycles. The van der Waals surface area contributed by atoms with E-state index in [4.69, 9.17) is 9.84 Å². The number of imide groups is 1. The van der Waals surface area contributed by atoms with Gasteiger partial charge in [0.1, 0.15) is 5.57 Å². The molecule has 0 unspecified atom stereocenters. The number of carbonyl (C=O) groups excluding carboxylic acids is 2. The lowest BCUT2D eigenvalue weighted by molar-refractivity contribution is -0.142. The molecule has 0 atom stereocenters. The first-order valence-electron chi connectivity index (χ1n) is 4.90. The molecule has 0 aliphatic carbocycles. The lowest BCUT2D eigenvalue weighted by Crippen LogP contribution is -2.42. The molecule has 0 aromatic rings. The molecule has 1 aliphatic rings. The van der Waals surface area contributed by atoms with E-state index in [-0.39, 0.29) is 18.7 Å². The van der Waals surface area contributed by atoms with Crippen LogP contribution in [0.3, 0.4) is 0 Å². The Morgan fingerprint density at radius 1 is 1.50 bits per heavy atom. The lowest BCUT2D eigenvalue weighted by Gasteiger charge is -2.24. The summed E-state index contributed by atoms with van der Waals surface area (Å²) in [5.41, 5.74) is 0.413. The van der Waals surface area contributed by atoms with Crippen molar-refractivity contribution in [3.05, 3.63) is 11.1 Å². The molecule has 0 aromatic heterocycles. The SMILES string of the molecule is CCOC(=O)C1=C(C)CCN(C(=O)O)C1=O. The largest absolute Gasteiger partial charge is 0.465 e. The molecule has 0 saturated carbocycles. The van der Waals surface area contributed by atoms with Gasteiger partial charge in [-0.1, -0.05) is 5.57 Å². The number of carboxylic acid groups (broad SMARTS) is 1. The first kappa shape index (κ1) is 12.2. The summed E-state index contributed by atoms with van der Waals surface area (Å²) >= 11 is 0. The van der Waals surface area contributed by atoms with Crippen molar-refractivity contribution in [1.29, 1.82) is 0 Å². The number of hydrogen-bond donors (Lipinski definition) is 1. The van der Waals surface area contributed by atoms with Gasteiger partial charge in [0, 0.05) is 6.54 Å². The van der Waals surface area contributed by atoms with Crippen LogP contribution in [0, 0.1) is 0 Å². The Kier molecular flexibility index (Phi) is 3.65. The average molecular weight is 227 g/mol. The zero-order valence-electron chi connectivity index (χ0n) is 9.15. The van der Waals surface area contributed by atoms with Crippen LogP contribution >= 0.6 is 0 Å². The van der Waals surface area contributed by atoms with Gasteiger partial charge in [0.15, 0.2) is 0 Å². The molecule has 1 aliphatic heterocycles. The second-order valence-corrected chi connectivity index (χ2v) is 3.37. The Morgan fingerprint density at radius 2 is 2.12 bits per heavy atom. The maximum absolute atomic E-state index is 11.7. The number of rotatable bonds is 2. The van der Waals surface area contributed by atoms with Crippen molar-refractivity contribution in [1.82, 2.24) is 4.90 Å². The van der Waals surface area contributed by atoms with Crippen molar-refractivity contribution in [3.8, 4) is 0 Å². The summed E-state index contributed by atoms with van der Waals surface area (Å²) < 4.78 is 4.71. The second-order valence-electron chi connectivity index (χ2n) is 3.37. The van der Waals surface area contributed by atoms with Gasteiger partial charge >= 0.3 is 12.1 Å². The van der Waals surface area contributed by atoms with Crippen LogP contribution in [0.2, 0.25) is 0 Å². The summed E-state index contributed by atoms with van der Waals surface area (Å²) in [5.74, 6) is -1.55. The van der Waals surface area contributed by atoms with E-state index in [2.05, 4.69) is 0 Å². The van der Waals surface area contributed by atoms with E-state index in [9.17, 15) is 14.4 Å². The Balaban J connectivity index is 3.00. The van der Waals surface area contributed by atoms with E-state index in [1.807, 2.05) is 0 Å². The quantitative estimate of drug-likeness (QED) is 0.556. The minimum Gasteiger partial charge on any atom is -0.465 e. The molecular formula is C10H13NO5. The molecule has 1 rings (SSSR count). The van der Waals surface area contributed by atoms with Gasteiger partial charge in [0.05, 0.1) is 6.61 Å². The van der Waals surface area contributed by atoms with Crippen LogP contribution in [-0.4, -0.2) is 41.1 Å². The highest BCUT2D eigenvalue weighted by Crippen LogP contribution is 2.20. The minimum absolute atomic E-state index is 0.0862. The van der Waals surface area contributed by atoms with Gasteiger partial charge in [-0.15, -0.1) is 0 Å². The number of amides is 2. The average Bonchev–Trinajstić information content (AvgIpc) is 2.17. The van der Waals surface area contributed by atoms with Gasteiger partial charge in [0.2, 0.25) is 0 Å². The van der Waals surface area contributed by atoms with Crippen LogP contribution in [0.15, 0.2) is 11.1 Å². The third-order valence-electron chi connectivity index (χ3n) is 2.31. The molecule has 0 spiro atoms. The van der Waals surface area contributed by atoms with Gasteiger partial charge in [0.25, 0.3) is 5.91 Å². The highest BCUT2D eigenvalue weighted by atomic mass is 16.5. The number of nitrogens with zero attached hydrogens (tertiary/aromatic N) is 1. The van der Waals surface area contributed by atoms with Crippen molar-refractivity contribution in [2.45, 2.75) is 20.3 Å². The highest BCUT2D eigenvalue weighted by molar-refractivity contribution is 6.20. The van der Waals surface area contributed by atoms with Crippen LogP contribution in [-0.2, 0) is 14.3 Å². The van der Waals surface area contributed by atoms with E-state index in [1.165, 1.54) is 0 Å². The number of ether oxygens (including phenoxy) is 1.